The molecule has 3 N–H and O–H groups in total. The van der Waals surface area contributed by atoms with Crippen molar-refractivity contribution < 1.29 is 14.3 Å². The average Bonchev–Trinajstić information content (AvgIpc) is 3.26. The van der Waals surface area contributed by atoms with Crippen molar-refractivity contribution in [2.45, 2.75) is 19.9 Å². The van der Waals surface area contributed by atoms with Crippen LogP contribution in [0, 0.1) is 4.77 Å². The SMILES string of the molecule is CCOc1ccc(-c2n[nH]c(=S)n2CCC(=O)NNC(=O)c2cc(Cl)cn2C)cc1. The largest absolute Gasteiger partial charge is 0.494 e. The Labute approximate surface area is 183 Å². The quantitative estimate of drug-likeness (QED) is 0.380. The smallest absolute Gasteiger partial charge is 0.286 e. The molecule has 30 heavy (non-hydrogen) atoms. The zero-order valence-electron chi connectivity index (χ0n) is 16.4. The molecule has 0 fully saturated rings. The Bertz CT molecular complexity index is 1100. The number of aromatic amines is 1. The Morgan fingerprint density at radius 2 is 2.00 bits per heavy atom. The number of H-pyrrole nitrogens is 1. The molecule has 0 saturated carbocycles. The molecule has 0 atom stereocenters. The number of nitrogens with zero attached hydrogens (tertiary/aromatic N) is 3. The summed E-state index contributed by atoms with van der Waals surface area (Å²) >= 11 is 11.1. The summed E-state index contributed by atoms with van der Waals surface area (Å²) in [6.45, 7) is 2.79. The van der Waals surface area contributed by atoms with Gasteiger partial charge in [-0.05, 0) is 49.5 Å². The van der Waals surface area contributed by atoms with E-state index in [1.165, 1.54) is 6.07 Å². The molecule has 9 nitrogen and oxygen atoms in total. The zero-order chi connectivity index (χ0) is 21.7. The van der Waals surface area contributed by atoms with Crippen LogP contribution in [0.5, 0.6) is 5.75 Å². The van der Waals surface area contributed by atoms with Crippen molar-refractivity contribution in [2.24, 2.45) is 7.05 Å². The highest BCUT2D eigenvalue weighted by atomic mass is 35.5. The lowest BCUT2D eigenvalue weighted by atomic mass is 10.2. The van der Waals surface area contributed by atoms with E-state index in [-0.39, 0.29) is 18.9 Å². The van der Waals surface area contributed by atoms with Gasteiger partial charge in [0.2, 0.25) is 5.91 Å². The molecule has 1 aromatic carbocycles. The molecule has 0 aliphatic rings. The molecule has 2 amide bonds. The van der Waals surface area contributed by atoms with Crippen LogP contribution in [0.4, 0.5) is 0 Å². The lowest BCUT2D eigenvalue weighted by molar-refractivity contribution is -0.122. The van der Waals surface area contributed by atoms with Crippen molar-refractivity contribution in [3.05, 3.63) is 52.0 Å². The second-order valence-corrected chi connectivity index (χ2v) is 7.19. The number of rotatable bonds is 7. The Kier molecular flexibility index (Phi) is 6.91. The maximum Gasteiger partial charge on any atom is 0.286 e. The van der Waals surface area contributed by atoms with Gasteiger partial charge >= 0.3 is 0 Å². The predicted molar refractivity (Wildman–Crippen MR) is 115 cm³/mol. The molecule has 11 heteroatoms. The first-order valence-corrected chi connectivity index (χ1v) is 9.97. The minimum Gasteiger partial charge on any atom is -0.494 e. The van der Waals surface area contributed by atoms with Crippen LogP contribution >= 0.6 is 23.8 Å². The van der Waals surface area contributed by atoms with Crippen LogP contribution in [0.3, 0.4) is 0 Å². The Hall–Kier alpha value is -3.11. The van der Waals surface area contributed by atoms with E-state index >= 15 is 0 Å². The van der Waals surface area contributed by atoms with E-state index in [2.05, 4.69) is 21.0 Å². The lowest BCUT2D eigenvalue weighted by Crippen LogP contribution is -2.42. The Morgan fingerprint density at radius 3 is 2.63 bits per heavy atom. The molecule has 3 rings (SSSR count). The average molecular weight is 449 g/mol. The molecule has 2 heterocycles. The first-order valence-electron chi connectivity index (χ1n) is 9.18. The number of aryl methyl sites for hydroxylation is 1. The fourth-order valence-electron chi connectivity index (χ4n) is 2.83. The van der Waals surface area contributed by atoms with Crippen molar-refractivity contribution >= 4 is 35.6 Å². The minimum atomic E-state index is -0.465. The highest BCUT2D eigenvalue weighted by Gasteiger charge is 2.14. The highest BCUT2D eigenvalue weighted by molar-refractivity contribution is 7.71. The fourth-order valence-corrected chi connectivity index (χ4v) is 3.30. The van der Waals surface area contributed by atoms with Crippen LogP contribution < -0.4 is 15.6 Å². The maximum absolute atomic E-state index is 12.2. The van der Waals surface area contributed by atoms with Crippen LogP contribution in [0.2, 0.25) is 5.02 Å². The van der Waals surface area contributed by atoms with E-state index < -0.39 is 5.91 Å². The molecule has 3 aromatic rings. The number of amides is 2. The number of hydrogen-bond acceptors (Lipinski definition) is 5. The van der Waals surface area contributed by atoms with E-state index in [1.54, 1.807) is 22.4 Å². The van der Waals surface area contributed by atoms with Crippen molar-refractivity contribution in [1.29, 1.82) is 0 Å². The highest BCUT2D eigenvalue weighted by Crippen LogP contribution is 2.21. The molecule has 0 unspecified atom stereocenters. The second kappa shape index (κ2) is 9.59. The zero-order valence-corrected chi connectivity index (χ0v) is 18.0. The molecule has 0 aliphatic carbocycles. The van der Waals surface area contributed by atoms with Gasteiger partial charge in [0.1, 0.15) is 11.4 Å². The lowest BCUT2D eigenvalue weighted by Gasteiger charge is -2.10. The van der Waals surface area contributed by atoms with Gasteiger partial charge in [0.15, 0.2) is 10.6 Å². The maximum atomic E-state index is 12.2. The van der Waals surface area contributed by atoms with Crippen LogP contribution in [-0.2, 0) is 18.4 Å². The fraction of sp³-hybridized carbons (Fsp3) is 0.263. The molecular formula is C19H21ClN6O3S. The number of hydrazine groups is 1. The summed E-state index contributed by atoms with van der Waals surface area (Å²) in [5, 5.41) is 7.44. The summed E-state index contributed by atoms with van der Waals surface area (Å²) < 4.78 is 9.14. The summed E-state index contributed by atoms with van der Waals surface area (Å²) in [6, 6.07) is 8.95. The summed E-state index contributed by atoms with van der Waals surface area (Å²) in [5.41, 5.74) is 5.92. The van der Waals surface area contributed by atoms with Crippen LogP contribution in [-0.4, -0.2) is 37.8 Å². The monoisotopic (exact) mass is 448 g/mol. The van der Waals surface area contributed by atoms with Gasteiger partial charge in [-0.1, -0.05) is 11.6 Å². The second-order valence-electron chi connectivity index (χ2n) is 6.37. The van der Waals surface area contributed by atoms with Gasteiger partial charge in [-0.2, -0.15) is 5.10 Å². The van der Waals surface area contributed by atoms with E-state index in [1.807, 2.05) is 31.2 Å². The number of nitrogens with one attached hydrogen (secondary N) is 3. The number of hydrogen-bond donors (Lipinski definition) is 3. The third kappa shape index (κ3) is 5.08. The van der Waals surface area contributed by atoms with Gasteiger partial charge in [-0.15, -0.1) is 0 Å². The van der Waals surface area contributed by atoms with E-state index in [0.717, 1.165) is 11.3 Å². The first kappa shape index (κ1) is 21.6. The van der Waals surface area contributed by atoms with E-state index in [0.29, 0.717) is 27.9 Å². The summed E-state index contributed by atoms with van der Waals surface area (Å²) in [4.78, 5) is 24.3. The van der Waals surface area contributed by atoms with Crippen LogP contribution in [0.25, 0.3) is 11.4 Å². The molecule has 158 valence electrons. The van der Waals surface area contributed by atoms with Gasteiger partial charge in [-0.3, -0.25) is 30.1 Å². The number of benzene rings is 1. The number of halogens is 1. The van der Waals surface area contributed by atoms with Gasteiger partial charge in [0.25, 0.3) is 5.91 Å². The first-order chi connectivity index (χ1) is 14.4. The van der Waals surface area contributed by atoms with Crippen LogP contribution in [0.1, 0.15) is 23.8 Å². The minimum absolute atomic E-state index is 0.0893. The van der Waals surface area contributed by atoms with Crippen molar-refractivity contribution in [2.75, 3.05) is 6.61 Å². The summed E-state index contributed by atoms with van der Waals surface area (Å²) in [5.74, 6) is 0.534. The topological polar surface area (TPSA) is 106 Å². The summed E-state index contributed by atoms with van der Waals surface area (Å²) in [7, 11) is 1.69. The third-order valence-corrected chi connectivity index (χ3v) is 4.78. The summed E-state index contributed by atoms with van der Waals surface area (Å²) in [6.07, 6.45) is 1.69. The van der Waals surface area contributed by atoms with E-state index in [4.69, 9.17) is 28.6 Å². The third-order valence-electron chi connectivity index (χ3n) is 4.26. The Morgan fingerprint density at radius 1 is 1.27 bits per heavy atom. The molecule has 2 aromatic heterocycles. The molecule has 0 bridgehead atoms. The molecule has 0 aliphatic heterocycles. The van der Waals surface area contributed by atoms with Crippen molar-refractivity contribution in [3.8, 4) is 17.1 Å². The molecule has 0 radical (unpaired) electrons. The molecular weight excluding hydrogens is 428 g/mol. The molecule has 0 spiro atoms. The number of ether oxygens (including phenoxy) is 1. The van der Waals surface area contributed by atoms with Gasteiger partial charge in [-0.25, -0.2) is 0 Å². The van der Waals surface area contributed by atoms with E-state index in [9.17, 15) is 9.59 Å². The standard InChI is InChI=1S/C19H21ClN6O3S/c1-3-29-14-6-4-12(5-7-14)17-22-24-19(30)26(17)9-8-16(27)21-23-18(28)15-10-13(20)11-25(15)2/h4-7,10-11H,3,8-9H2,1-2H3,(H,21,27)(H,23,28)(H,24,30). The van der Waals surface area contributed by atoms with Crippen molar-refractivity contribution in [1.82, 2.24) is 30.2 Å². The van der Waals surface area contributed by atoms with Crippen molar-refractivity contribution in [3.63, 3.8) is 0 Å². The van der Waals surface area contributed by atoms with Gasteiger partial charge in [0, 0.05) is 31.8 Å². The van der Waals surface area contributed by atoms with Crippen LogP contribution in [0.15, 0.2) is 36.5 Å². The van der Waals surface area contributed by atoms with Gasteiger partial charge < -0.3 is 9.30 Å². The number of carbonyl (C=O) groups excluding carboxylic acids is 2. The number of aromatic nitrogens is 4. The number of carbonyl (C=O) groups is 2. The molecule has 0 saturated heterocycles. The Balaban J connectivity index is 1.60. The normalized spacial score (nSPS) is 10.6. The predicted octanol–water partition coefficient (Wildman–Crippen LogP) is 2.85. The van der Waals surface area contributed by atoms with Gasteiger partial charge in [0.05, 0.1) is 11.6 Å².